The molecule has 106 valence electrons. The minimum absolute atomic E-state index is 0.231. The van der Waals surface area contributed by atoms with Crippen molar-refractivity contribution in [2.45, 2.75) is 37.0 Å². The van der Waals surface area contributed by atoms with E-state index in [2.05, 4.69) is 0 Å². The number of aliphatic hydroxyl groups excluding tert-OH is 1. The minimum Gasteiger partial charge on any atom is -0.389 e. The average molecular weight is 285 g/mol. The Hall–Kier alpha value is -0.950. The molecular formula is C13H19NO4S. The Morgan fingerprint density at radius 2 is 1.95 bits per heavy atom. The molecule has 0 aromatic heterocycles. The van der Waals surface area contributed by atoms with Gasteiger partial charge in [0.15, 0.2) is 0 Å². The summed E-state index contributed by atoms with van der Waals surface area (Å²) in [7, 11) is -2.21. The molecule has 0 saturated carbocycles. The van der Waals surface area contributed by atoms with Crippen LogP contribution in [0, 0.1) is 6.92 Å². The Bertz CT molecular complexity index is 526. The Morgan fingerprint density at radius 3 is 2.53 bits per heavy atom. The number of aryl methyl sites for hydroxylation is 1. The van der Waals surface area contributed by atoms with Gasteiger partial charge in [0.05, 0.1) is 11.0 Å². The van der Waals surface area contributed by atoms with E-state index in [4.69, 9.17) is 4.74 Å². The van der Waals surface area contributed by atoms with E-state index in [0.29, 0.717) is 19.4 Å². The van der Waals surface area contributed by atoms with Crippen LogP contribution in [0.1, 0.15) is 18.4 Å². The fourth-order valence-corrected chi connectivity index (χ4v) is 3.92. The Labute approximate surface area is 113 Å². The molecule has 1 aliphatic heterocycles. The molecule has 5 nitrogen and oxygen atoms in total. The van der Waals surface area contributed by atoms with Gasteiger partial charge in [0, 0.05) is 13.7 Å². The number of ether oxygens (including phenoxy) is 1. The van der Waals surface area contributed by atoms with Crippen LogP contribution in [0.3, 0.4) is 0 Å². The van der Waals surface area contributed by atoms with Crippen molar-refractivity contribution in [3.63, 3.8) is 0 Å². The van der Waals surface area contributed by atoms with Crippen LogP contribution in [-0.2, 0) is 14.8 Å². The minimum atomic E-state index is -3.62. The second-order valence-corrected chi connectivity index (χ2v) is 6.66. The second kappa shape index (κ2) is 5.58. The Balaban J connectivity index is 2.35. The maximum atomic E-state index is 12.5. The van der Waals surface area contributed by atoms with Crippen molar-refractivity contribution in [3.8, 4) is 0 Å². The highest BCUT2D eigenvalue weighted by Crippen LogP contribution is 2.26. The lowest BCUT2D eigenvalue weighted by Crippen LogP contribution is -2.51. The molecule has 0 unspecified atom stereocenters. The van der Waals surface area contributed by atoms with Crippen molar-refractivity contribution in [2.24, 2.45) is 0 Å². The fraction of sp³-hybridized carbons (Fsp3) is 0.538. The summed E-state index contributed by atoms with van der Waals surface area (Å²) >= 11 is 0. The third-order valence-corrected chi connectivity index (χ3v) is 5.24. The number of sulfonamides is 1. The largest absolute Gasteiger partial charge is 0.389 e. The molecule has 1 aliphatic rings. The van der Waals surface area contributed by atoms with Crippen LogP contribution < -0.4 is 0 Å². The number of aliphatic hydroxyl groups is 1. The zero-order chi connectivity index (χ0) is 14.0. The monoisotopic (exact) mass is 285 g/mol. The molecule has 0 spiro atoms. The highest BCUT2D eigenvalue weighted by Gasteiger charge is 2.38. The second-order valence-electron chi connectivity index (χ2n) is 4.76. The number of nitrogens with zero attached hydrogens (tertiary/aromatic N) is 1. The van der Waals surface area contributed by atoms with Crippen molar-refractivity contribution < 1.29 is 18.3 Å². The van der Waals surface area contributed by atoms with Gasteiger partial charge in [0.2, 0.25) is 10.0 Å². The third-order valence-electron chi connectivity index (χ3n) is 3.36. The fourth-order valence-electron chi connectivity index (χ4n) is 2.30. The lowest BCUT2D eigenvalue weighted by Gasteiger charge is -2.36. The van der Waals surface area contributed by atoms with Crippen LogP contribution >= 0.6 is 0 Å². The maximum Gasteiger partial charge on any atom is 0.245 e. The standard InChI is InChI=1S/C13H19NO4S/c1-10-5-7-11(8-6-10)19(16,17)14-9-3-4-12(15)13(14)18-2/h5-8,12-13,15H,3-4,9H2,1-2H3/t12-,13-/m0/s1. The molecule has 19 heavy (non-hydrogen) atoms. The van der Waals surface area contributed by atoms with Gasteiger partial charge >= 0.3 is 0 Å². The molecule has 6 heteroatoms. The van der Waals surface area contributed by atoms with Gasteiger partial charge in [0.1, 0.15) is 6.23 Å². The summed E-state index contributed by atoms with van der Waals surface area (Å²) in [6, 6.07) is 6.68. The zero-order valence-electron chi connectivity index (χ0n) is 11.1. The SMILES string of the molecule is CO[C@H]1[C@@H](O)CCCN1S(=O)(=O)c1ccc(C)cc1. The molecule has 1 aromatic rings. The number of benzene rings is 1. The van der Waals surface area contributed by atoms with Crippen LogP contribution in [0.15, 0.2) is 29.2 Å². The number of hydrogen-bond donors (Lipinski definition) is 1. The topological polar surface area (TPSA) is 66.8 Å². The number of hydrogen-bond acceptors (Lipinski definition) is 4. The van der Waals surface area contributed by atoms with Crippen LogP contribution in [0.25, 0.3) is 0 Å². The van der Waals surface area contributed by atoms with E-state index in [9.17, 15) is 13.5 Å². The van der Waals surface area contributed by atoms with Crippen LogP contribution in [0.5, 0.6) is 0 Å². The molecule has 0 radical (unpaired) electrons. The molecule has 1 heterocycles. The summed E-state index contributed by atoms with van der Waals surface area (Å²) in [5, 5.41) is 9.86. The molecule has 2 atom stereocenters. The third kappa shape index (κ3) is 2.81. The molecule has 0 bridgehead atoms. The average Bonchev–Trinajstić information content (AvgIpc) is 2.39. The number of methoxy groups -OCH3 is 1. The van der Waals surface area contributed by atoms with Gasteiger partial charge < -0.3 is 9.84 Å². The predicted molar refractivity (Wildman–Crippen MR) is 71.1 cm³/mol. The number of rotatable bonds is 3. The number of piperidine rings is 1. The van der Waals surface area contributed by atoms with Gasteiger partial charge in [0.25, 0.3) is 0 Å². The molecule has 1 N–H and O–H groups in total. The molecule has 0 aliphatic carbocycles. The molecule has 1 saturated heterocycles. The van der Waals surface area contributed by atoms with Crippen LogP contribution in [0.2, 0.25) is 0 Å². The molecule has 2 rings (SSSR count). The molecule has 0 amide bonds. The van der Waals surface area contributed by atoms with Crippen molar-refractivity contribution in [1.29, 1.82) is 0 Å². The van der Waals surface area contributed by atoms with Crippen molar-refractivity contribution >= 4 is 10.0 Å². The highest BCUT2D eigenvalue weighted by molar-refractivity contribution is 7.89. The quantitative estimate of drug-likeness (QED) is 0.903. The van der Waals surface area contributed by atoms with Crippen LogP contribution in [-0.4, -0.2) is 43.8 Å². The molecule has 1 aromatic carbocycles. The van der Waals surface area contributed by atoms with Gasteiger partial charge in [-0.25, -0.2) is 8.42 Å². The summed E-state index contributed by atoms with van der Waals surface area (Å²) < 4.78 is 31.5. The van der Waals surface area contributed by atoms with Crippen molar-refractivity contribution in [2.75, 3.05) is 13.7 Å². The zero-order valence-corrected chi connectivity index (χ0v) is 11.9. The highest BCUT2D eigenvalue weighted by atomic mass is 32.2. The smallest absolute Gasteiger partial charge is 0.245 e. The van der Waals surface area contributed by atoms with E-state index in [0.717, 1.165) is 5.56 Å². The first kappa shape index (κ1) is 14.5. The summed E-state index contributed by atoms with van der Waals surface area (Å²) in [6.45, 7) is 2.27. The van der Waals surface area contributed by atoms with Gasteiger partial charge in [-0.2, -0.15) is 4.31 Å². The van der Waals surface area contributed by atoms with E-state index in [1.807, 2.05) is 6.92 Å². The first-order chi connectivity index (χ1) is 8.96. The lowest BCUT2D eigenvalue weighted by atomic mass is 10.1. The summed E-state index contributed by atoms with van der Waals surface area (Å²) in [6.07, 6.45) is -0.399. The van der Waals surface area contributed by atoms with E-state index in [1.54, 1.807) is 24.3 Å². The summed E-state index contributed by atoms with van der Waals surface area (Å²) in [5.74, 6) is 0. The maximum absolute atomic E-state index is 12.5. The van der Waals surface area contributed by atoms with E-state index in [1.165, 1.54) is 11.4 Å². The van der Waals surface area contributed by atoms with Crippen molar-refractivity contribution in [3.05, 3.63) is 29.8 Å². The van der Waals surface area contributed by atoms with Crippen molar-refractivity contribution in [1.82, 2.24) is 4.31 Å². The lowest BCUT2D eigenvalue weighted by molar-refractivity contribution is -0.0937. The van der Waals surface area contributed by atoms with Gasteiger partial charge in [-0.15, -0.1) is 0 Å². The van der Waals surface area contributed by atoms with Gasteiger partial charge in [-0.05, 0) is 31.9 Å². The van der Waals surface area contributed by atoms with Gasteiger partial charge in [-0.1, -0.05) is 17.7 Å². The first-order valence-electron chi connectivity index (χ1n) is 6.26. The Kier molecular flexibility index (Phi) is 4.25. The normalized spacial score (nSPS) is 25.4. The predicted octanol–water partition coefficient (Wildman–Crippen LogP) is 1.11. The summed E-state index contributed by atoms with van der Waals surface area (Å²) in [4.78, 5) is 0.231. The summed E-state index contributed by atoms with van der Waals surface area (Å²) in [5.41, 5.74) is 1.00. The van der Waals surface area contributed by atoms with Gasteiger partial charge in [-0.3, -0.25) is 0 Å². The Morgan fingerprint density at radius 1 is 1.32 bits per heavy atom. The first-order valence-corrected chi connectivity index (χ1v) is 7.70. The van der Waals surface area contributed by atoms with E-state index < -0.39 is 22.4 Å². The molecule has 1 fully saturated rings. The van der Waals surface area contributed by atoms with E-state index >= 15 is 0 Å². The van der Waals surface area contributed by atoms with Crippen LogP contribution in [0.4, 0.5) is 0 Å². The van der Waals surface area contributed by atoms with E-state index in [-0.39, 0.29) is 4.90 Å². The molecular weight excluding hydrogens is 266 g/mol.